The summed E-state index contributed by atoms with van der Waals surface area (Å²) in [6.45, 7) is 0.416. The van der Waals surface area contributed by atoms with Gasteiger partial charge in [-0.15, -0.1) is 0 Å². The maximum absolute atomic E-state index is 13.8. The van der Waals surface area contributed by atoms with Gasteiger partial charge in [-0.05, 0) is 35.9 Å². The predicted molar refractivity (Wildman–Crippen MR) is 105 cm³/mol. The summed E-state index contributed by atoms with van der Waals surface area (Å²) in [5.74, 6) is -2.98. The molecule has 4 rings (SSSR count). The molecule has 1 aliphatic heterocycles. The van der Waals surface area contributed by atoms with Crippen LogP contribution in [-0.4, -0.2) is 33.2 Å². The van der Waals surface area contributed by atoms with Gasteiger partial charge in [-0.3, -0.25) is 9.48 Å². The summed E-state index contributed by atoms with van der Waals surface area (Å²) in [6.07, 6.45) is 0. The van der Waals surface area contributed by atoms with Gasteiger partial charge in [-0.1, -0.05) is 12.1 Å². The third kappa shape index (κ3) is 3.36. The molecule has 2 heterocycles. The highest BCUT2D eigenvalue weighted by Crippen LogP contribution is 2.38. The van der Waals surface area contributed by atoms with Gasteiger partial charge in [0.25, 0.3) is 5.91 Å². The van der Waals surface area contributed by atoms with E-state index in [9.17, 15) is 18.4 Å². The molecular weight excluding hydrogens is 406 g/mol. The summed E-state index contributed by atoms with van der Waals surface area (Å²) >= 11 is 0. The lowest BCUT2D eigenvalue weighted by molar-refractivity contribution is 0.0995. The van der Waals surface area contributed by atoms with Gasteiger partial charge in [0, 0.05) is 12.1 Å². The molecule has 1 aromatic heterocycles. The van der Waals surface area contributed by atoms with Gasteiger partial charge in [-0.25, -0.2) is 13.6 Å². The van der Waals surface area contributed by atoms with Gasteiger partial charge in [-0.2, -0.15) is 10.4 Å². The van der Waals surface area contributed by atoms with Crippen molar-refractivity contribution in [3.05, 3.63) is 76.5 Å². The summed E-state index contributed by atoms with van der Waals surface area (Å²) in [6, 6.07) is 10.1. The SMILES string of the molecule is N#Cc1ccc(C2c3c(C(N)=O)c(-c4ccc(F)c(F)c4)nn3CCN2C(N)=O)cc1. The normalized spacial score (nSPS) is 15.3. The number of carbonyl (C=O) groups is 2. The molecule has 156 valence electrons. The Kier molecular flexibility index (Phi) is 4.87. The molecule has 0 spiro atoms. The third-order valence-electron chi connectivity index (χ3n) is 5.19. The van der Waals surface area contributed by atoms with E-state index in [1.807, 2.05) is 6.07 Å². The zero-order chi connectivity index (χ0) is 22.3. The predicted octanol–water partition coefficient (Wildman–Crippen LogP) is 2.28. The molecule has 2 aromatic carbocycles. The van der Waals surface area contributed by atoms with Crippen LogP contribution in [0.1, 0.15) is 33.2 Å². The fourth-order valence-electron chi connectivity index (χ4n) is 3.81. The van der Waals surface area contributed by atoms with Crippen LogP contribution in [0.5, 0.6) is 0 Å². The molecule has 0 saturated carbocycles. The fraction of sp³-hybridized carbons (Fsp3) is 0.143. The van der Waals surface area contributed by atoms with E-state index in [0.717, 1.165) is 12.1 Å². The lowest BCUT2D eigenvalue weighted by Gasteiger charge is -2.35. The number of amides is 3. The summed E-state index contributed by atoms with van der Waals surface area (Å²) in [5.41, 5.74) is 12.8. The Balaban J connectivity index is 1.96. The average molecular weight is 422 g/mol. The molecule has 10 heteroatoms. The molecule has 4 N–H and O–H groups in total. The lowest BCUT2D eigenvalue weighted by Crippen LogP contribution is -2.46. The number of halogens is 2. The van der Waals surface area contributed by atoms with Crippen LogP contribution in [0, 0.1) is 23.0 Å². The van der Waals surface area contributed by atoms with Gasteiger partial charge in [0.05, 0.1) is 29.4 Å². The fourth-order valence-corrected chi connectivity index (χ4v) is 3.81. The number of nitrogens with zero attached hydrogens (tertiary/aromatic N) is 4. The van der Waals surface area contributed by atoms with Gasteiger partial charge < -0.3 is 16.4 Å². The van der Waals surface area contributed by atoms with Gasteiger partial charge in [0.2, 0.25) is 0 Å². The van der Waals surface area contributed by atoms with Crippen molar-refractivity contribution in [1.29, 1.82) is 5.26 Å². The Morgan fingerprint density at radius 2 is 1.77 bits per heavy atom. The quantitative estimate of drug-likeness (QED) is 0.670. The number of hydrogen-bond acceptors (Lipinski definition) is 4. The smallest absolute Gasteiger partial charge is 0.315 e. The largest absolute Gasteiger partial charge is 0.365 e. The molecule has 3 amide bonds. The Hall–Kier alpha value is -4.26. The third-order valence-corrected chi connectivity index (χ3v) is 5.19. The molecule has 0 bridgehead atoms. The monoisotopic (exact) mass is 422 g/mol. The number of urea groups is 1. The Labute approximate surface area is 175 Å². The molecule has 1 unspecified atom stereocenters. The maximum Gasteiger partial charge on any atom is 0.315 e. The zero-order valence-electron chi connectivity index (χ0n) is 16.0. The second-order valence-electron chi connectivity index (χ2n) is 6.99. The van der Waals surface area contributed by atoms with Crippen molar-refractivity contribution in [3.8, 4) is 17.3 Å². The maximum atomic E-state index is 13.8. The molecule has 8 nitrogen and oxygen atoms in total. The van der Waals surface area contributed by atoms with E-state index in [-0.39, 0.29) is 29.9 Å². The first-order chi connectivity index (χ1) is 14.8. The summed E-state index contributed by atoms with van der Waals surface area (Å²) < 4.78 is 28.8. The second-order valence-corrected chi connectivity index (χ2v) is 6.99. The van der Waals surface area contributed by atoms with Crippen LogP contribution >= 0.6 is 0 Å². The topological polar surface area (TPSA) is 131 Å². The molecule has 0 fully saturated rings. The van der Waals surface area contributed by atoms with Crippen molar-refractivity contribution in [3.63, 3.8) is 0 Å². The molecule has 31 heavy (non-hydrogen) atoms. The van der Waals surface area contributed by atoms with Crippen molar-refractivity contribution in [2.75, 3.05) is 6.54 Å². The van der Waals surface area contributed by atoms with E-state index in [4.69, 9.17) is 16.7 Å². The van der Waals surface area contributed by atoms with Crippen molar-refractivity contribution in [2.24, 2.45) is 11.5 Å². The highest BCUT2D eigenvalue weighted by atomic mass is 19.2. The number of benzene rings is 2. The molecule has 1 aliphatic rings. The Bertz CT molecular complexity index is 1250. The van der Waals surface area contributed by atoms with E-state index in [2.05, 4.69) is 5.10 Å². The van der Waals surface area contributed by atoms with E-state index in [0.29, 0.717) is 16.8 Å². The summed E-state index contributed by atoms with van der Waals surface area (Å²) in [4.78, 5) is 26.0. The highest BCUT2D eigenvalue weighted by molar-refractivity contribution is 6.00. The second kappa shape index (κ2) is 7.53. The number of rotatable bonds is 3. The highest BCUT2D eigenvalue weighted by Gasteiger charge is 2.38. The van der Waals surface area contributed by atoms with Crippen LogP contribution in [0.3, 0.4) is 0 Å². The lowest BCUT2D eigenvalue weighted by atomic mass is 9.94. The Morgan fingerprint density at radius 1 is 1.06 bits per heavy atom. The van der Waals surface area contributed by atoms with Crippen molar-refractivity contribution >= 4 is 11.9 Å². The van der Waals surface area contributed by atoms with Gasteiger partial charge in [0.1, 0.15) is 11.7 Å². The molecule has 0 aliphatic carbocycles. The van der Waals surface area contributed by atoms with Gasteiger partial charge >= 0.3 is 6.03 Å². The first-order valence-electron chi connectivity index (χ1n) is 9.24. The van der Waals surface area contributed by atoms with Crippen LogP contribution in [0.25, 0.3) is 11.3 Å². The molecule has 1 atom stereocenters. The number of aromatic nitrogens is 2. The first kappa shape index (κ1) is 20.0. The van der Waals surface area contributed by atoms with Crippen LogP contribution in [-0.2, 0) is 6.54 Å². The van der Waals surface area contributed by atoms with E-state index in [1.54, 1.807) is 24.3 Å². The van der Waals surface area contributed by atoms with Crippen LogP contribution in [0.2, 0.25) is 0 Å². The summed E-state index contributed by atoms with van der Waals surface area (Å²) in [7, 11) is 0. The minimum atomic E-state index is -1.10. The first-order valence-corrected chi connectivity index (χ1v) is 9.24. The zero-order valence-corrected chi connectivity index (χ0v) is 16.0. The van der Waals surface area contributed by atoms with Crippen molar-refractivity contribution in [2.45, 2.75) is 12.6 Å². The molecule has 0 radical (unpaired) electrons. The van der Waals surface area contributed by atoms with Crippen molar-refractivity contribution < 1.29 is 18.4 Å². The molecular formula is C21H16F2N6O2. The van der Waals surface area contributed by atoms with Crippen molar-refractivity contribution in [1.82, 2.24) is 14.7 Å². The van der Waals surface area contributed by atoms with E-state index >= 15 is 0 Å². The minimum absolute atomic E-state index is 0.0219. The van der Waals surface area contributed by atoms with Gasteiger partial charge in [0.15, 0.2) is 11.6 Å². The van der Waals surface area contributed by atoms with Crippen LogP contribution in [0.4, 0.5) is 13.6 Å². The number of carbonyl (C=O) groups excluding carboxylic acids is 2. The van der Waals surface area contributed by atoms with Crippen LogP contribution < -0.4 is 11.5 Å². The minimum Gasteiger partial charge on any atom is -0.365 e. The number of fused-ring (bicyclic) bond motifs is 1. The summed E-state index contributed by atoms with van der Waals surface area (Å²) in [5, 5.41) is 13.5. The molecule has 0 saturated heterocycles. The number of hydrogen-bond donors (Lipinski definition) is 2. The van der Waals surface area contributed by atoms with E-state index < -0.39 is 29.6 Å². The van der Waals surface area contributed by atoms with E-state index in [1.165, 1.54) is 15.6 Å². The number of nitriles is 1. The Morgan fingerprint density at radius 3 is 2.35 bits per heavy atom. The number of primary amides is 2. The van der Waals surface area contributed by atoms with Crippen LogP contribution in [0.15, 0.2) is 42.5 Å². The average Bonchev–Trinajstić information content (AvgIpc) is 3.15. The molecule has 3 aromatic rings. The number of nitrogens with two attached hydrogens (primary N) is 2. The standard InChI is InChI=1S/C21H16F2N6O2/c22-14-6-5-13(9-15(14)23)17-16(20(25)30)19-18(12-3-1-11(10-24)2-4-12)28(21(26)31)7-8-29(19)27-17/h1-6,9,18H,7-8H2,(H2,25,30)(H2,26,31).